The van der Waals surface area contributed by atoms with Gasteiger partial charge < -0.3 is 4.74 Å². The summed E-state index contributed by atoms with van der Waals surface area (Å²) in [6, 6.07) is 0. The number of carbonyl (C=O) groups is 2. The molecule has 3 heteroatoms. The van der Waals surface area contributed by atoms with Crippen molar-refractivity contribution in [2.24, 2.45) is 5.41 Å². The second-order valence-electron chi connectivity index (χ2n) is 3.40. The molecule has 3 nitrogen and oxygen atoms in total. The monoisotopic (exact) mass is 168 g/mol. The van der Waals surface area contributed by atoms with Gasteiger partial charge in [0.25, 0.3) is 0 Å². The molecule has 0 aliphatic heterocycles. The van der Waals surface area contributed by atoms with Gasteiger partial charge in [0, 0.05) is 6.08 Å². The van der Waals surface area contributed by atoms with Crippen LogP contribution in [0.25, 0.3) is 0 Å². The molecule has 0 radical (unpaired) electrons. The van der Waals surface area contributed by atoms with Crippen molar-refractivity contribution < 1.29 is 14.3 Å². The molecule has 66 valence electrons. The van der Waals surface area contributed by atoms with E-state index in [-0.39, 0.29) is 18.0 Å². The van der Waals surface area contributed by atoms with Gasteiger partial charge in [-0.3, -0.25) is 9.59 Å². The minimum atomic E-state index is -0.859. The Morgan fingerprint density at radius 2 is 2.00 bits per heavy atom. The zero-order valence-corrected chi connectivity index (χ0v) is 7.51. The van der Waals surface area contributed by atoms with E-state index in [0.29, 0.717) is 5.76 Å². The fraction of sp³-hybridized carbons (Fsp3) is 0.556. The Morgan fingerprint density at radius 3 is 2.42 bits per heavy atom. The second-order valence-corrected chi connectivity index (χ2v) is 3.40. The summed E-state index contributed by atoms with van der Waals surface area (Å²) >= 11 is 0. The number of allylic oxidation sites excluding steroid dienone is 2. The van der Waals surface area contributed by atoms with Crippen molar-refractivity contribution in [2.75, 3.05) is 7.11 Å². The molecule has 0 unspecified atom stereocenters. The standard InChI is InChI=1S/C9H12O3/c1-9(2)7(10)4-6(12-3)5-8(9)11/h4H,5H2,1-3H3. The molecule has 1 aliphatic rings. The van der Waals surface area contributed by atoms with Gasteiger partial charge in [-0.2, -0.15) is 0 Å². The smallest absolute Gasteiger partial charge is 0.172 e. The molecular weight excluding hydrogens is 156 g/mol. The highest BCUT2D eigenvalue weighted by Crippen LogP contribution is 2.28. The molecule has 0 heterocycles. The van der Waals surface area contributed by atoms with E-state index in [1.807, 2.05) is 0 Å². The van der Waals surface area contributed by atoms with Crippen LogP contribution in [0.1, 0.15) is 20.3 Å². The summed E-state index contributed by atoms with van der Waals surface area (Å²) in [4.78, 5) is 22.7. The third-order valence-corrected chi connectivity index (χ3v) is 2.20. The quantitative estimate of drug-likeness (QED) is 0.550. The second kappa shape index (κ2) is 2.73. The topological polar surface area (TPSA) is 43.4 Å². The third-order valence-electron chi connectivity index (χ3n) is 2.20. The summed E-state index contributed by atoms with van der Waals surface area (Å²) in [6.45, 7) is 3.28. The van der Waals surface area contributed by atoms with Gasteiger partial charge in [-0.25, -0.2) is 0 Å². The Labute approximate surface area is 71.4 Å². The number of Topliss-reactive ketones (excluding diaryl/α,β-unsaturated/α-hetero) is 1. The number of hydrogen-bond acceptors (Lipinski definition) is 3. The molecule has 0 aromatic rings. The minimum absolute atomic E-state index is 0.0770. The van der Waals surface area contributed by atoms with E-state index >= 15 is 0 Å². The summed E-state index contributed by atoms with van der Waals surface area (Å²) in [5.41, 5.74) is -0.859. The Balaban J connectivity index is 3.00. The van der Waals surface area contributed by atoms with Crippen LogP contribution in [0.4, 0.5) is 0 Å². The van der Waals surface area contributed by atoms with E-state index in [4.69, 9.17) is 4.74 Å². The summed E-state index contributed by atoms with van der Waals surface area (Å²) in [6.07, 6.45) is 1.64. The molecule has 0 N–H and O–H groups in total. The zero-order valence-electron chi connectivity index (χ0n) is 7.51. The predicted octanol–water partition coefficient (Wildman–Crippen LogP) is 1.08. The number of methoxy groups -OCH3 is 1. The average molecular weight is 168 g/mol. The summed E-state index contributed by atoms with van der Waals surface area (Å²) in [5, 5.41) is 0. The zero-order chi connectivity index (χ0) is 9.35. The molecule has 0 fully saturated rings. The van der Waals surface area contributed by atoms with Crippen LogP contribution < -0.4 is 0 Å². The first kappa shape index (κ1) is 8.97. The van der Waals surface area contributed by atoms with Gasteiger partial charge in [0.2, 0.25) is 0 Å². The van der Waals surface area contributed by atoms with Crippen LogP contribution in [0.2, 0.25) is 0 Å². The van der Waals surface area contributed by atoms with Gasteiger partial charge in [0.15, 0.2) is 11.6 Å². The molecule has 1 rings (SSSR count). The fourth-order valence-corrected chi connectivity index (χ4v) is 1.03. The highest BCUT2D eigenvalue weighted by Gasteiger charge is 2.38. The van der Waals surface area contributed by atoms with Crippen molar-refractivity contribution in [3.8, 4) is 0 Å². The van der Waals surface area contributed by atoms with Crippen molar-refractivity contribution in [2.45, 2.75) is 20.3 Å². The number of ether oxygens (including phenoxy) is 1. The van der Waals surface area contributed by atoms with Gasteiger partial charge in [-0.05, 0) is 13.8 Å². The van der Waals surface area contributed by atoms with Crippen molar-refractivity contribution in [3.05, 3.63) is 11.8 Å². The van der Waals surface area contributed by atoms with E-state index in [2.05, 4.69) is 0 Å². The number of carbonyl (C=O) groups excluding carboxylic acids is 2. The van der Waals surface area contributed by atoms with Gasteiger partial charge in [0.1, 0.15) is 5.76 Å². The SMILES string of the molecule is COC1=CC(=O)C(C)(C)C(=O)C1. The Kier molecular flexibility index (Phi) is 2.04. The van der Waals surface area contributed by atoms with Crippen molar-refractivity contribution in [3.63, 3.8) is 0 Å². The molecular formula is C9H12O3. The fourth-order valence-electron chi connectivity index (χ4n) is 1.03. The molecule has 0 saturated heterocycles. The van der Waals surface area contributed by atoms with E-state index in [1.54, 1.807) is 13.8 Å². The summed E-state index contributed by atoms with van der Waals surface area (Å²) in [5.74, 6) is 0.215. The molecule has 0 bridgehead atoms. The lowest BCUT2D eigenvalue weighted by molar-refractivity contribution is -0.137. The molecule has 0 saturated carbocycles. The van der Waals surface area contributed by atoms with Crippen LogP contribution in [-0.2, 0) is 14.3 Å². The molecule has 0 atom stereocenters. The van der Waals surface area contributed by atoms with Crippen LogP contribution in [-0.4, -0.2) is 18.7 Å². The van der Waals surface area contributed by atoms with Crippen LogP contribution in [0.5, 0.6) is 0 Å². The number of rotatable bonds is 1. The first-order valence-corrected chi connectivity index (χ1v) is 3.81. The lowest BCUT2D eigenvalue weighted by Crippen LogP contribution is -2.36. The van der Waals surface area contributed by atoms with Gasteiger partial charge >= 0.3 is 0 Å². The predicted molar refractivity (Wildman–Crippen MR) is 43.5 cm³/mol. The van der Waals surface area contributed by atoms with Gasteiger partial charge in [0.05, 0.1) is 18.9 Å². The highest BCUT2D eigenvalue weighted by atomic mass is 16.5. The first-order chi connectivity index (χ1) is 5.48. The molecule has 0 aromatic carbocycles. The Morgan fingerprint density at radius 1 is 1.42 bits per heavy atom. The average Bonchev–Trinajstić information content (AvgIpc) is 2.00. The van der Waals surface area contributed by atoms with Crippen LogP contribution in [0.3, 0.4) is 0 Å². The summed E-state index contributed by atoms with van der Waals surface area (Å²) < 4.78 is 4.84. The summed E-state index contributed by atoms with van der Waals surface area (Å²) in [7, 11) is 1.46. The maximum Gasteiger partial charge on any atom is 0.172 e. The normalized spacial score (nSPS) is 22.1. The molecule has 0 aromatic heterocycles. The lowest BCUT2D eigenvalue weighted by atomic mass is 9.78. The maximum absolute atomic E-state index is 11.4. The molecule has 12 heavy (non-hydrogen) atoms. The largest absolute Gasteiger partial charge is 0.501 e. The number of hydrogen-bond donors (Lipinski definition) is 0. The van der Waals surface area contributed by atoms with Crippen molar-refractivity contribution >= 4 is 11.6 Å². The van der Waals surface area contributed by atoms with E-state index < -0.39 is 5.41 Å². The molecule has 1 aliphatic carbocycles. The van der Waals surface area contributed by atoms with E-state index in [1.165, 1.54) is 13.2 Å². The molecule has 0 amide bonds. The maximum atomic E-state index is 11.4. The van der Waals surface area contributed by atoms with Crippen LogP contribution in [0, 0.1) is 5.41 Å². The van der Waals surface area contributed by atoms with Gasteiger partial charge in [-0.15, -0.1) is 0 Å². The number of ketones is 2. The Bertz CT molecular complexity index is 261. The minimum Gasteiger partial charge on any atom is -0.501 e. The van der Waals surface area contributed by atoms with Crippen LogP contribution in [0.15, 0.2) is 11.8 Å². The van der Waals surface area contributed by atoms with Crippen LogP contribution >= 0.6 is 0 Å². The van der Waals surface area contributed by atoms with Gasteiger partial charge in [-0.1, -0.05) is 0 Å². The van der Waals surface area contributed by atoms with Crippen molar-refractivity contribution in [1.82, 2.24) is 0 Å². The molecule has 0 spiro atoms. The van der Waals surface area contributed by atoms with Crippen molar-refractivity contribution in [1.29, 1.82) is 0 Å². The highest BCUT2D eigenvalue weighted by molar-refractivity contribution is 6.14. The van der Waals surface area contributed by atoms with E-state index in [0.717, 1.165) is 0 Å². The lowest BCUT2D eigenvalue weighted by Gasteiger charge is -2.24. The Hall–Kier alpha value is -1.12. The first-order valence-electron chi connectivity index (χ1n) is 3.81. The third kappa shape index (κ3) is 1.26. The van der Waals surface area contributed by atoms with E-state index in [9.17, 15) is 9.59 Å².